The summed E-state index contributed by atoms with van der Waals surface area (Å²) in [4.78, 5) is 25.7. The molecule has 1 amide bonds. The summed E-state index contributed by atoms with van der Waals surface area (Å²) in [5.41, 5.74) is 1.14. The van der Waals surface area contributed by atoms with E-state index in [1.54, 1.807) is 38.1 Å². The standard InChI is InChI=1S/C16H22N2O4.ClH/c1-12(2)22-16(20)13-3-5-14(6-4-13)17-15(19)11-18-7-9-21-10-8-18;/h3-6,12H,7-11H2,1-2H3,(H,17,19);1H. The largest absolute Gasteiger partial charge is 0.459 e. The Balaban J connectivity index is 0.00000264. The number of carbonyl (C=O) groups excluding carboxylic acids is 2. The van der Waals surface area contributed by atoms with E-state index in [1.807, 2.05) is 4.90 Å². The molecule has 6 nitrogen and oxygen atoms in total. The highest BCUT2D eigenvalue weighted by atomic mass is 35.5. The van der Waals surface area contributed by atoms with Crippen LogP contribution in [0.1, 0.15) is 24.2 Å². The minimum atomic E-state index is -0.360. The van der Waals surface area contributed by atoms with Crippen molar-refractivity contribution in [2.75, 3.05) is 38.2 Å². The van der Waals surface area contributed by atoms with Gasteiger partial charge >= 0.3 is 5.97 Å². The maximum absolute atomic E-state index is 12.0. The molecular weight excluding hydrogens is 320 g/mol. The number of rotatable bonds is 5. The van der Waals surface area contributed by atoms with Crippen molar-refractivity contribution in [3.63, 3.8) is 0 Å². The molecule has 1 aliphatic rings. The number of nitrogens with zero attached hydrogens (tertiary/aromatic N) is 1. The molecule has 0 atom stereocenters. The zero-order chi connectivity index (χ0) is 15.9. The van der Waals surface area contributed by atoms with Crippen molar-refractivity contribution in [2.45, 2.75) is 20.0 Å². The average Bonchev–Trinajstić information content (AvgIpc) is 2.48. The Morgan fingerprint density at radius 1 is 1.22 bits per heavy atom. The van der Waals surface area contributed by atoms with Gasteiger partial charge in [0.25, 0.3) is 0 Å². The molecule has 0 bridgehead atoms. The molecule has 0 saturated carbocycles. The Hall–Kier alpha value is -1.63. The summed E-state index contributed by atoms with van der Waals surface area (Å²) in [7, 11) is 0. The van der Waals surface area contributed by atoms with Gasteiger partial charge in [-0.2, -0.15) is 0 Å². The van der Waals surface area contributed by atoms with Crippen LogP contribution in [-0.4, -0.2) is 55.7 Å². The molecule has 0 aromatic heterocycles. The number of amides is 1. The van der Waals surface area contributed by atoms with Gasteiger partial charge in [-0.25, -0.2) is 4.79 Å². The first-order valence-electron chi connectivity index (χ1n) is 7.45. The van der Waals surface area contributed by atoms with E-state index in [4.69, 9.17) is 9.47 Å². The van der Waals surface area contributed by atoms with Gasteiger partial charge in [0.1, 0.15) is 0 Å². The van der Waals surface area contributed by atoms with Gasteiger partial charge in [-0.05, 0) is 38.1 Å². The van der Waals surface area contributed by atoms with Crippen LogP contribution in [0, 0.1) is 0 Å². The van der Waals surface area contributed by atoms with Crippen molar-refractivity contribution in [1.29, 1.82) is 0 Å². The summed E-state index contributed by atoms with van der Waals surface area (Å²) in [5, 5.41) is 2.82. The van der Waals surface area contributed by atoms with Gasteiger partial charge in [0.15, 0.2) is 0 Å². The minimum absolute atomic E-state index is 0. The number of carbonyl (C=O) groups is 2. The van der Waals surface area contributed by atoms with Crippen LogP contribution in [0.15, 0.2) is 24.3 Å². The van der Waals surface area contributed by atoms with Crippen molar-refractivity contribution >= 4 is 30.0 Å². The fourth-order valence-electron chi connectivity index (χ4n) is 2.13. The quantitative estimate of drug-likeness (QED) is 0.828. The number of halogens is 1. The summed E-state index contributed by atoms with van der Waals surface area (Å²) in [5.74, 6) is -0.430. The lowest BCUT2D eigenvalue weighted by Crippen LogP contribution is -2.41. The lowest BCUT2D eigenvalue weighted by Gasteiger charge is -2.25. The Bertz CT molecular complexity index is 513. The normalized spacial score (nSPS) is 14.9. The van der Waals surface area contributed by atoms with Crippen molar-refractivity contribution in [3.8, 4) is 0 Å². The number of hydrogen-bond acceptors (Lipinski definition) is 5. The number of anilines is 1. The van der Waals surface area contributed by atoms with E-state index in [2.05, 4.69) is 5.32 Å². The summed E-state index contributed by atoms with van der Waals surface area (Å²) < 4.78 is 10.4. The van der Waals surface area contributed by atoms with Crippen molar-refractivity contribution in [2.24, 2.45) is 0 Å². The SMILES string of the molecule is CC(C)OC(=O)c1ccc(NC(=O)CN2CCOCC2)cc1.Cl. The van der Waals surface area contributed by atoms with Gasteiger partial charge < -0.3 is 14.8 Å². The summed E-state index contributed by atoms with van der Waals surface area (Å²) in [6.07, 6.45) is -0.152. The van der Waals surface area contributed by atoms with Crippen molar-refractivity contribution in [1.82, 2.24) is 4.90 Å². The van der Waals surface area contributed by atoms with Crippen molar-refractivity contribution in [3.05, 3.63) is 29.8 Å². The second-order valence-corrected chi connectivity index (χ2v) is 5.47. The molecule has 1 aromatic carbocycles. The zero-order valence-corrected chi connectivity index (χ0v) is 14.2. The molecule has 1 aliphatic heterocycles. The van der Waals surface area contributed by atoms with E-state index in [0.29, 0.717) is 31.0 Å². The third kappa shape index (κ3) is 6.56. The molecule has 2 rings (SSSR count). The molecule has 0 unspecified atom stereocenters. The molecule has 23 heavy (non-hydrogen) atoms. The molecule has 0 radical (unpaired) electrons. The molecule has 1 aromatic rings. The monoisotopic (exact) mass is 342 g/mol. The van der Waals surface area contributed by atoms with E-state index in [-0.39, 0.29) is 30.4 Å². The lowest BCUT2D eigenvalue weighted by molar-refractivity contribution is -0.118. The molecule has 1 saturated heterocycles. The molecule has 128 valence electrons. The van der Waals surface area contributed by atoms with Gasteiger partial charge in [0.05, 0.1) is 31.4 Å². The lowest BCUT2D eigenvalue weighted by atomic mass is 10.2. The first-order valence-corrected chi connectivity index (χ1v) is 7.45. The van der Waals surface area contributed by atoms with Crippen LogP contribution in [0.5, 0.6) is 0 Å². The van der Waals surface area contributed by atoms with Gasteiger partial charge in [-0.15, -0.1) is 12.4 Å². The molecule has 1 N–H and O–H groups in total. The molecular formula is C16H23ClN2O4. The Kier molecular flexibility index (Phi) is 8.02. The van der Waals surface area contributed by atoms with Crippen LogP contribution in [-0.2, 0) is 14.3 Å². The van der Waals surface area contributed by atoms with Crippen LogP contribution in [0.25, 0.3) is 0 Å². The number of morpholine rings is 1. The predicted molar refractivity (Wildman–Crippen MR) is 90.1 cm³/mol. The topological polar surface area (TPSA) is 67.9 Å². The summed E-state index contributed by atoms with van der Waals surface area (Å²) >= 11 is 0. The summed E-state index contributed by atoms with van der Waals surface area (Å²) in [6.45, 7) is 6.83. The van der Waals surface area contributed by atoms with Gasteiger partial charge in [-0.3, -0.25) is 9.69 Å². The number of hydrogen-bond donors (Lipinski definition) is 1. The second kappa shape index (κ2) is 9.50. The first-order chi connectivity index (χ1) is 10.5. The van der Waals surface area contributed by atoms with Crippen LogP contribution < -0.4 is 5.32 Å². The zero-order valence-electron chi connectivity index (χ0n) is 13.4. The number of esters is 1. The van der Waals surface area contributed by atoms with E-state index in [9.17, 15) is 9.59 Å². The van der Waals surface area contributed by atoms with E-state index in [0.717, 1.165) is 13.1 Å². The number of nitrogens with one attached hydrogen (secondary N) is 1. The fraction of sp³-hybridized carbons (Fsp3) is 0.500. The highest BCUT2D eigenvalue weighted by Gasteiger charge is 2.14. The molecule has 1 fully saturated rings. The van der Waals surface area contributed by atoms with E-state index in [1.165, 1.54) is 0 Å². The Morgan fingerprint density at radius 2 is 1.83 bits per heavy atom. The van der Waals surface area contributed by atoms with Crippen LogP contribution in [0.3, 0.4) is 0 Å². The van der Waals surface area contributed by atoms with Gasteiger partial charge in [-0.1, -0.05) is 0 Å². The molecule has 7 heteroatoms. The molecule has 0 spiro atoms. The molecule has 0 aliphatic carbocycles. The Labute approximate surface area is 142 Å². The fourth-order valence-corrected chi connectivity index (χ4v) is 2.13. The highest BCUT2D eigenvalue weighted by molar-refractivity contribution is 5.94. The summed E-state index contributed by atoms with van der Waals surface area (Å²) in [6, 6.07) is 6.70. The number of ether oxygens (including phenoxy) is 2. The van der Waals surface area contributed by atoms with Crippen LogP contribution in [0.4, 0.5) is 5.69 Å². The maximum Gasteiger partial charge on any atom is 0.338 e. The smallest absolute Gasteiger partial charge is 0.338 e. The van der Waals surface area contributed by atoms with Crippen LogP contribution in [0.2, 0.25) is 0 Å². The molecule has 1 heterocycles. The average molecular weight is 343 g/mol. The predicted octanol–water partition coefficient (Wildman–Crippen LogP) is 1.94. The second-order valence-electron chi connectivity index (χ2n) is 5.47. The van der Waals surface area contributed by atoms with Crippen LogP contribution >= 0.6 is 12.4 Å². The van der Waals surface area contributed by atoms with Gasteiger partial charge in [0.2, 0.25) is 5.91 Å². The van der Waals surface area contributed by atoms with Gasteiger partial charge in [0, 0.05) is 18.8 Å². The minimum Gasteiger partial charge on any atom is -0.459 e. The van der Waals surface area contributed by atoms with E-state index < -0.39 is 0 Å². The third-order valence-electron chi connectivity index (χ3n) is 3.22. The first kappa shape index (κ1) is 19.4. The third-order valence-corrected chi connectivity index (χ3v) is 3.22. The maximum atomic E-state index is 12.0. The van der Waals surface area contributed by atoms with E-state index >= 15 is 0 Å². The van der Waals surface area contributed by atoms with Crippen molar-refractivity contribution < 1.29 is 19.1 Å². The Morgan fingerprint density at radius 3 is 2.39 bits per heavy atom. The highest BCUT2D eigenvalue weighted by Crippen LogP contribution is 2.11. The number of benzene rings is 1.